The van der Waals surface area contributed by atoms with Gasteiger partial charge in [0, 0.05) is 18.3 Å². The van der Waals surface area contributed by atoms with Crippen molar-refractivity contribution >= 4 is 5.65 Å². The van der Waals surface area contributed by atoms with Crippen LogP contribution < -0.4 is 5.73 Å². The molecule has 0 fully saturated rings. The normalized spacial score (nSPS) is 11.6. The van der Waals surface area contributed by atoms with Crippen molar-refractivity contribution in [2.75, 3.05) is 6.54 Å². The predicted molar refractivity (Wildman–Crippen MR) is 62.0 cm³/mol. The molecule has 0 aromatic carbocycles. The smallest absolute Gasteiger partial charge is 0.139 e. The first kappa shape index (κ1) is 11.1. The highest BCUT2D eigenvalue weighted by Gasteiger charge is 2.14. The van der Waals surface area contributed by atoms with Gasteiger partial charge in [-0.2, -0.15) is 0 Å². The van der Waals surface area contributed by atoms with Crippen LogP contribution in [0.5, 0.6) is 0 Å². The lowest BCUT2D eigenvalue weighted by Gasteiger charge is -2.05. The highest BCUT2D eigenvalue weighted by molar-refractivity contribution is 5.44. The molecule has 0 bridgehead atoms. The standard InChI is InChI=1S/C12H16FN3/c1-8(2)12-10(5-6-14)16-7-9(13)3-4-11(16)15-12/h3-4,7-8H,5-6,14H2,1-2H3. The summed E-state index contributed by atoms with van der Waals surface area (Å²) in [5, 5.41) is 0. The van der Waals surface area contributed by atoms with Gasteiger partial charge in [0.05, 0.1) is 5.69 Å². The molecule has 16 heavy (non-hydrogen) atoms. The highest BCUT2D eigenvalue weighted by Crippen LogP contribution is 2.21. The van der Waals surface area contributed by atoms with Crippen LogP contribution in [0.25, 0.3) is 5.65 Å². The van der Waals surface area contributed by atoms with Gasteiger partial charge >= 0.3 is 0 Å². The third-order valence-corrected chi connectivity index (χ3v) is 2.64. The van der Waals surface area contributed by atoms with Crippen LogP contribution in [0.2, 0.25) is 0 Å². The van der Waals surface area contributed by atoms with Crippen molar-refractivity contribution in [1.82, 2.24) is 9.38 Å². The molecule has 2 heterocycles. The van der Waals surface area contributed by atoms with Crippen LogP contribution in [0.3, 0.4) is 0 Å². The Labute approximate surface area is 94.1 Å². The van der Waals surface area contributed by atoms with E-state index in [0.717, 1.165) is 23.5 Å². The number of hydrogen-bond donors (Lipinski definition) is 1. The van der Waals surface area contributed by atoms with E-state index in [1.54, 1.807) is 10.5 Å². The van der Waals surface area contributed by atoms with Gasteiger partial charge in [0.15, 0.2) is 0 Å². The molecule has 2 aromatic rings. The molecule has 4 heteroatoms. The molecule has 0 atom stereocenters. The van der Waals surface area contributed by atoms with Gasteiger partial charge in [-0.3, -0.25) is 0 Å². The Hall–Kier alpha value is -1.42. The van der Waals surface area contributed by atoms with Gasteiger partial charge in [-0.1, -0.05) is 13.8 Å². The van der Waals surface area contributed by atoms with Crippen LogP contribution >= 0.6 is 0 Å². The van der Waals surface area contributed by atoms with Gasteiger partial charge in [-0.15, -0.1) is 0 Å². The van der Waals surface area contributed by atoms with Gasteiger partial charge in [0.25, 0.3) is 0 Å². The third kappa shape index (κ3) is 1.80. The summed E-state index contributed by atoms with van der Waals surface area (Å²) in [4.78, 5) is 4.51. The molecule has 86 valence electrons. The Morgan fingerprint density at radius 3 is 2.81 bits per heavy atom. The molecule has 2 N–H and O–H groups in total. The number of nitrogens with two attached hydrogens (primary N) is 1. The minimum atomic E-state index is -0.251. The number of halogens is 1. The van der Waals surface area contributed by atoms with Crippen LogP contribution in [-0.2, 0) is 6.42 Å². The van der Waals surface area contributed by atoms with Gasteiger partial charge < -0.3 is 10.1 Å². The lowest BCUT2D eigenvalue weighted by molar-refractivity contribution is 0.617. The second kappa shape index (κ2) is 4.22. The highest BCUT2D eigenvalue weighted by atomic mass is 19.1. The molecule has 0 amide bonds. The quantitative estimate of drug-likeness (QED) is 0.862. The van der Waals surface area contributed by atoms with E-state index in [9.17, 15) is 4.39 Å². The van der Waals surface area contributed by atoms with Crippen LogP contribution in [-0.4, -0.2) is 15.9 Å². The van der Waals surface area contributed by atoms with E-state index in [4.69, 9.17) is 5.73 Å². The summed E-state index contributed by atoms with van der Waals surface area (Å²) in [6, 6.07) is 3.12. The molecule has 0 aliphatic heterocycles. The Kier molecular flexibility index (Phi) is 2.92. The van der Waals surface area contributed by atoms with E-state index in [2.05, 4.69) is 18.8 Å². The monoisotopic (exact) mass is 221 g/mol. The summed E-state index contributed by atoms with van der Waals surface area (Å²) in [5.74, 6) is 0.0722. The molecule has 2 aromatic heterocycles. The maximum Gasteiger partial charge on any atom is 0.139 e. The number of aromatic nitrogens is 2. The summed E-state index contributed by atoms with van der Waals surface area (Å²) in [6.07, 6.45) is 2.19. The lowest BCUT2D eigenvalue weighted by Crippen LogP contribution is -2.08. The summed E-state index contributed by atoms with van der Waals surface area (Å²) in [7, 11) is 0. The van der Waals surface area contributed by atoms with Crippen LogP contribution in [0.1, 0.15) is 31.2 Å². The average molecular weight is 221 g/mol. The topological polar surface area (TPSA) is 43.3 Å². The Balaban J connectivity index is 2.67. The molecule has 0 aliphatic rings. The van der Waals surface area contributed by atoms with Crippen molar-refractivity contribution in [3.63, 3.8) is 0 Å². The van der Waals surface area contributed by atoms with Gasteiger partial charge in [-0.05, 0) is 24.6 Å². The maximum atomic E-state index is 13.2. The largest absolute Gasteiger partial charge is 0.330 e. The van der Waals surface area contributed by atoms with Crippen molar-refractivity contribution in [2.24, 2.45) is 5.73 Å². The summed E-state index contributed by atoms with van der Waals surface area (Å²) < 4.78 is 15.0. The third-order valence-electron chi connectivity index (χ3n) is 2.64. The van der Waals surface area contributed by atoms with Gasteiger partial charge in [0.1, 0.15) is 11.5 Å². The number of pyridine rings is 1. The van der Waals surface area contributed by atoms with Crippen LogP contribution in [0, 0.1) is 5.82 Å². The summed E-state index contributed by atoms with van der Waals surface area (Å²) >= 11 is 0. The molecule has 0 saturated heterocycles. The predicted octanol–water partition coefficient (Wildman–Crippen LogP) is 2.10. The second-order valence-electron chi connectivity index (χ2n) is 4.21. The van der Waals surface area contributed by atoms with Crippen molar-refractivity contribution in [3.05, 3.63) is 35.5 Å². The van der Waals surface area contributed by atoms with Gasteiger partial charge in [-0.25, -0.2) is 9.37 Å². The van der Waals surface area contributed by atoms with E-state index in [1.165, 1.54) is 12.3 Å². The molecule has 3 nitrogen and oxygen atoms in total. The minimum absolute atomic E-state index is 0.251. The average Bonchev–Trinajstić information content (AvgIpc) is 2.58. The van der Waals surface area contributed by atoms with E-state index < -0.39 is 0 Å². The molecular weight excluding hydrogens is 205 g/mol. The fourth-order valence-electron chi connectivity index (χ4n) is 1.93. The number of fused-ring (bicyclic) bond motifs is 1. The zero-order chi connectivity index (χ0) is 11.7. The first-order chi connectivity index (χ1) is 7.63. The van der Waals surface area contributed by atoms with E-state index in [-0.39, 0.29) is 5.82 Å². The fourth-order valence-corrected chi connectivity index (χ4v) is 1.93. The molecule has 0 spiro atoms. The fraction of sp³-hybridized carbons (Fsp3) is 0.417. The zero-order valence-corrected chi connectivity index (χ0v) is 9.57. The lowest BCUT2D eigenvalue weighted by atomic mass is 10.1. The molecule has 2 rings (SSSR count). The number of hydrogen-bond acceptors (Lipinski definition) is 2. The van der Waals surface area contributed by atoms with Crippen LogP contribution in [0.4, 0.5) is 4.39 Å². The Bertz CT molecular complexity index is 502. The SMILES string of the molecule is CC(C)c1nc2ccc(F)cn2c1CCN. The molecule has 0 saturated carbocycles. The molecular formula is C12H16FN3. The van der Waals surface area contributed by atoms with E-state index >= 15 is 0 Å². The van der Waals surface area contributed by atoms with Gasteiger partial charge in [0.2, 0.25) is 0 Å². The number of rotatable bonds is 3. The summed E-state index contributed by atoms with van der Waals surface area (Å²) in [6.45, 7) is 4.71. The molecule has 0 aliphatic carbocycles. The number of nitrogens with zero attached hydrogens (tertiary/aromatic N) is 2. The molecule has 0 unspecified atom stereocenters. The van der Waals surface area contributed by atoms with Crippen LogP contribution in [0.15, 0.2) is 18.3 Å². The Morgan fingerprint density at radius 2 is 2.19 bits per heavy atom. The van der Waals surface area contributed by atoms with E-state index in [1.807, 2.05) is 0 Å². The van der Waals surface area contributed by atoms with Crippen molar-refractivity contribution in [3.8, 4) is 0 Å². The van der Waals surface area contributed by atoms with Crippen molar-refractivity contribution < 1.29 is 4.39 Å². The minimum Gasteiger partial charge on any atom is -0.330 e. The first-order valence-electron chi connectivity index (χ1n) is 5.50. The van der Waals surface area contributed by atoms with Crippen molar-refractivity contribution in [2.45, 2.75) is 26.2 Å². The zero-order valence-electron chi connectivity index (χ0n) is 9.57. The first-order valence-corrected chi connectivity index (χ1v) is 5.50. The summed E-state index contributed by atoms with van der Waals surface area (Å²) in [5.41, 5.74) is 8.40. The second-order valence-corrected chi connectivity index (χ2v) is 4.21. The van der Waals surface area contributed by atoms with E-state index in [0.29, 0.717) is 12.5 Å². The maximum absolute atomic E-state index is 13.2. The van der Waals surface area contributed by atoms with Crippen molar-refractivity contribution in [1.29, 1.82) is 0 Å². The Morgan fingerprint density at radius 1 is 1.44 bits per heavy atom. The molecule has 0 radical (unpaired) electrons. The number of imidazole rings is 1.